The van der Waals surface area contributed by atoms with Crippen LogP contribution in [-0.2, 0) is 9.53 Å². The second-order valence-corrected chi connectivity index (χ2v) is 6.88. The van der Waals surface area contributed by atoms with Crippen LogP contribution in [0.4, 0.5) is 0 Å². The number of amides is 1. The summed E-state index contributed by atoms with van der Waals surface area (Å²) in [6.45, 7) is 1.51. The van der Waals surface area contributed by atoms with Gasteiger partial charge >= 0.3 is 0 Å². The molecule has 0 aliphatic carbocycles. The topological polar surface area (TPSA) is 29.5 Å². The van der Waals surface area contributed by atoms with Crippen LogP contribution in [0.15, 0.2) is 30.3 Å². The molecule has 2 aliphatic rings. The minimum Gasteiger partial charge on any atom is -0.376 e. The number of benzene rings is 1. The molecule has 0 bridgehead atoms. The zero-order valence-corrected chi connectivity index (χ0v) is 13.5. The quantitative estimate of drug-likeness (QED) is 0.803. The van der Waals surface area contributed by atoms with E-state index in [-0.39, 0.29) is 12.0 Å². The highest BCUT2D eigenvalue weighted by atomic mass is 32.2. The Balaban J connectivity index is 1.70. The Labute approximate surface area is 136 Å². The SMILES string of the molecule is O=C(C#Cc1ccccc1)N(C[C@@H]1CCCO1)[C@H]1CCSC1. The smallest absolute Gasteiger partial charge is 0.299 e. The van der Waals surface area contributed by atoms with E-state index in [1.165, 1.54) is 0 Å². The lowest BCUT2D eigenvalue weighted by Gasteiger charge is -2.28. The molecule has 116 valence electrons. The van der Waals surface area contributed by atoms with Crippen LogP contribution in [0.2, 0.25) is 0 Å². The number of hydrogen-bond donors (Lipinski definition) is 0. The first-order valence-corrected chi connectivity index (χ1v) is 9.05. The molecule has 2 aliphatic heterocycles. The standard InChI is InChI=1S/C18H21NO2S/c20-18(9-8-15-5-2-1-3-6-15)19(16-10-12-22-14-16)13-17-7-4-11-21-17/h1-3,5-6,16-17H,4,7,10-14H2/t16-,17-/m0/s1. The molecule has 2 fully saturated rings. The highest BCUT2D eigenvalue weighted by Gasteiger charge is 2.29. The average molecular weight is 315 g/mol. The third-order valence-electron chi connectivity index (χ3n) is 4.12. The number of rotatable bonds is 3. The molecule has 3 nitrogen and oxygen atoms in total. The van der Waals surface area contributed by atoms with Gasteiger partial charge in [0.25, 0.3) is 5.91 Å². The lowest BCUT2D eigenvalue weighted by atomic mass is 10.1. The van der Waals surface area contributed by atoms with E-state index in [1.54, 1.807) is 0 Å². The maximum atomic E-state index is 12.6. The summed E-state index contributed by atoms with van der Waals surface area (Å²) in [5, 5.41) is 0. The van der Waals surface area contributed by atoms with Crippen LogP contribution in [0.25, 0.3) is 0 Å². The van der Waals surface area contributed by atoms with Crippen molar-refractivity contribution in [3.8, 4) is 11.8 Å². The first-order chi connectivity index (χ1) is 10.8. The third kappa shape index (κ3) is 4.06. The Hall–Kier alpha value is -1.44. The Kier molecular flexibility index (Phi) is 5.42. The number of thioether (sulfide) groups is 1. The van der Waals surface area contributed by atoms with E-state index in [0.717, 1.165) is 42.9 Å². The van der Waals surface area contributed by atoms with Gasteiger partial charge in [-0.25, -0.2) is 0 Å². The van der Waals surface area contributed by atoms with Crippen LogP contribution in [0.5, 0.6) is 0 Å². The number of carbonyl (C=O) groups is 1. The lowest BCUT2D eigenvalue weighted by molar-refractivity contribution is -0.128. The monoisotopic (exact) mass is 315 g/mol. The molecule has 0 aromatic heterocycles. The number of hydrogen-bond acceptors (Lipinski definition) is 3. The molecular weight excluding hydrogens is 294 g/mol. The summed E-state index contributed by atoms with van der Waals surface area (Å²) in [5.74, 6) is 7.89. The molecule has 0 saturated carbocycles. The molecule has 0 unspecified atom stereocenters. The number of ether oxygens (including phenoxy) is 1. The van der Waals surface area contributed by atoms with Gasteiger partial charge in [-0.3, -0.25) is 4.79 Å². The summed E-state index contributed by atoms with van der Waals surface area (Å²) < 4.78 is 5.71. The molecule has 2 atom stereocenters. The molecule has 22 heavy (non-hydrogen) atoms. The fraction of sp³-hybridized carbons (Fsp3) is 0.500. The molecule has 1 aromatic carbocycles. The third-order valence-corrected chi connectivity index (χ3v) is 5.26. The van der Waals surface area contributed by atoms with Gasteiger partial charge in [-0.05, 0) is 37.1 Å². The van der Waals surface area contributed by atoms with Crippen molar-refractivity contribution >= 4 is 17.7 Å². The van der Waals surface area contributed by atoms with Gasteiger partial charge in [0.2, 0.25) is 0 Å². The molecule has 4 heteroatoms. The van der Waals surface area contributed by atoms with E-state index in [1.807, 2.05) is 47.0 Å². The molecular formula is C18H21NO2S. The highest BCUT2D eigenvalue weighted by Crippen LogP contribution is 2.24. The van der Waals surface area contributed by atoms with E-state index in [4.69, 9.17) is 4.74 Å². The van der Waals surface area contributed by atoms with Crippen molar-refractivity contribution in [3.63, 3.8) is 0 Å². The first-order valence-electron chi connectivity index (χ1n) is 7.90. The van der Waals surface area contributed by atoms with Crippen LogP contribution in [0.1, 0.15) is 24.8 Å². The lowest BCUT2D eigenvalue weighted by Crippen LogP contribution is -2.44. The summed E-state index contributed by atoms with van der Waals surface area (Å²) in [7, 11) is 0. The number of carbonyl (C=O) groups excluding carboxylic acids is 1. The average Bonchev–Trinajstić information content (AvgIpc) is 3.24. The van der Waals surface area contributed by atoms with E-state index in [0.29, 0.717) is 12.6 Å². The molecule has 1 aromatic rings. The predicted octanol–water partition coefficient (Wildman–Crippen LogP) is 2.55. The summed E-state index contributed by atoms with van der Waals surface area (Å²) >= 11 is 1.92. The molecule has 2 saturated heterocycles. The van der Waals surface area contributed by atoms with Gasteiger partial charge in [-0.1, -0.05) is 24.1 Å². The van der Waals surface area contributed by atoms with Gasteiger partial charge in [0.1, 0.15) is 0 Å². The largest absolute Gasteiger partial charge is 0.376 e. The zero-order chi connectivity index (χ0) is 15.2. The van der Waals surface area contributed by atoms with Crippen molar-refractivity contribution < 1.29 is 9.53 Å². The van der Waals surface area contributed by atoms with Gasteiger partial charge in [-0.2, -0.15) is 11.8 Å². The first kappa shape index (κ1) is 15.5. The second-order valence-electron chi connectivity index (χ2n) is 5.73. The van der Waals surface area contributed by atoms with Crippen LogP contribution in [0.3, 0.4) is 0 Å². The van der Waals surface area contributed by atoms with E-state index in [2.05, 4.69) is 11.8 Å². The van der Waals surface area contributed by atoms with E-state index in [9.17, 15) is 4.79 Å². The molecule has 0 N–H and O–H groups in total. The van der Waals surface area contributed by atoms with Gasteiger partial charge < -0.3 is 9.64 Å². The van der Waals surface area contributed by atoms with Crippen molar-refractivity contribution in [2.45, 2.75) is 31.4 Å². The molecule has 0 spiro atoms. The van der Waals surface area contributed by atoms with Gasteiger partial charge in [0, 0.05) is 36.4 Å². The Bertz CT molecular complexity index is 551. The van der Waals surface area contributed by atoms with Crippen LogP contribution in [0, 0.1) is 11.8 Å². The Morgan fingerprint density at radius 2 is 2.18 bits per heavy atom. The highest BCUT2D eigenvalue weighted by molar-refractivity contribution is 7.99. The maximum Gasteiger partial charge on any atom is 0.299 e. The van der Waals surface area contributed by atoms with Crippen LogP contribution < -0.4 is 0 Å². The van der Waals surface area contributed by atoms with Crippen molar-refractivity contribution in [1.82, 2.24) is 4.90 Å². The fourth-order valence-corrected chi connectivity index (χ4v) is 4.12. The van der Waals surface area contributed by atoms with Gasteiger partial charge in [0.15, 0.2) is 0 Å². The summed E-state index contributed by atoms with van der Waals surface area (Å²) in [6.07, 6.45) is 3.40. The minimum atomic E-state index is -0.0631. The van der Waals surface area contributed by atoms with Crippen LogP contribution in [-0.4, -0.2) is 47.6 Å². The molecule has 3 rings (SSSR count). The van der Waals surface area contributed by atoms with E-state index >= 15 is 0 Å². The minimum absolute atomic E-state index is 0.0631. The Morgan fingerprint density at radius 3 is 2.86 bits per heavy atom. The molecule has 2 heterocycles. The molecule has 0 radical (unpaired) electrons. The maximum absolute atomic E-state index is 12.6. The van der Waals surface area contributed by atoms with Crippen molar-refractivity contribution in [3.05, 3.63) is 35.9 Å². The second kappa shape index (κ2) is 7.71. The Morgan fingerprint density at radius 1 is 1.32 bits per heavy atom. The normalized spacial score (nSPS) is 23.8. The molecule has 1 amide bonds. The number of nitrogens with zero attached hydrogens (tertiary/aromatic N) is 1. The van der Waals surface area contributed by atoms with Crippen molar-refractivity contribution in [1.29, 1.82) is 0 Å². The summed E-state index contributed by atoms with van der Waals surface area (Å²) in [5.41, 5.74) is 0.883. The van der Waals surface area contributed by atoms with Gasteiger partial charge in [-0.15, -0.1) is 0 Å². The van der Waals surface area contributed by atoms with Crippen LogP contribution >= 0.6 is 11.8 Å². The summed E-state index contributed by atoms with van der Waals surface area (Å²) in [4.78, 5) is 14.5. The fourth-order valence-electron chi connectivity index (χ4n) is 2.89. The van der Waals surface area contributed by atoms with Gasteiger partial charge in [0.05, 0.1) is 6.10 Å². The van der Waals surface area contributed by atoms with Crippen molar-refractivity contribution in [2.75, 3.05) is 24.7 Å². The zero-order valence-electron chi connectivity index (χ0n) is 12.7. The van der Waals surface area contributed by atoms with E-state index < -0.39 is 0 Å². The predicted molar refractivity (Wildman–Crippen MR) is 89.7 cm³/mol. The summed E-state index contributed by atoms with van der Waals surface area (Å²) in [6, 6.07) is 9.99. The van der Waals surface area contributed by atoms with Crippen molar-refractivity contribution in [2.24, 2.45) is 0 Å².